The van der Waals surface area contributed by atoms with E-state index in [9.17, 15) is 22.8 Å². The number of nitrogens with one attached hydrogen (secondary N) is 1. The van der Waals surface area contributed by atoms with Crippen LogP contribution in [0.25, 0.3) is 0 Å². The van der Waals surface area contributed by atoms with Crippen molar-refractivity contribution in [1.82, 2.24) is 14.5 Å². The molecular weight excluding hydrogens is 466 g/mol. The fourth-order valence-corrected chi connectivity index (χ4v) is 5.67. The SMILES string of the molecule is CCCCNC(=O)[C@H](C)N(Cc1ccccc1C)C(=O)CCCN1C(=O)c2ccccc2S1(=O)=O. The molecule has 8 nitrogen and oxygen atoms in total. The highest BCUT2D eigenvalue weighted by Gasteiger charge is 2.40. The van der Waals surface area contributed by atoms with Crippen LogP contribution in [-0.2, 0) is 26.2 Å². The van der Waals surface area contributed by atoms with E-state index in [4.69, 9.17) is 0 Å². The van der Waals surface area contributed by atoms with E-state index >= 15 is 0 Å². The fourth-order valence-electron chi connectivity index (χ4n) is 4.06. The molecule has 0 fully saturated rings. The average Bonchev–Trinajstić information content (AvgIpc) is 3.03. The summed E-state index contributed by atoms with van der Waals surface area (Å²) in [6, 6.07) is 13.1. The molecule has 35 heavy (non-hydrogen) atoms. The van der Waals surface area contributed by atoms with Crippen LogP contribution in [0.1, 0.15) is 61.0 Å². The molecule has 9 heteroatoms. The molecule has 0 saturated carbocycles. The van der Waals surface area contributed by atoms with Crippen molar-refractivity contribution >= 4 is 27.7 Å². The number of nitrogens with zero attached hydrogens (tertiary/aromatic N) is 2. The van der Waals surface area contributed by atoms with Gasteiger partial charge in [-0.05, 0) is 49.9 Å². The lowest BCUT2D eigenvalue weighted by Crippen LogP contribution is -2.48. The maximum atomic E-state index is 13.3. The second kappa shape index (κ2) is 11.5. The summed E-state index contributed by atoms with van der Waals surface area (Å²) in [4.78, 5) is 40.1. The molecule has 3 rings (SSSR count). The van der Waals surface area contributed by atoms with E-state index in [-0.39, 0.29) is 48.2 Å². The van der Waals surface area contributed by atoms with Crippen molar-refractivity contribution in [3.05, 3.63) is 65.2 Å². The first kappa shape index (κ1) is 26.4. The summed E-state index contributed by atoms with van der Waals surface area (Å²) >= 11 is 0. The highest BCUT2D eigenvalue weighted by Crippen LogP contribution is 2.30. The third-order valence-electron chi connectivity index (χ3n) is 6.26. The van der Waals surface area contributed by atoms with Gasteiger partial charge in [-0.25, -0.2) is 12.7 Å². The van der Waals surface area contributed by atoms with E-state index < -0.39 is 22.0 Å². The number of carbonyl (C=O) groups excluding carboxylic acids is 3. The molecule has 1 atom stereocenters. The third-order valence-corrected chi connectivity index (χ3v) is 8.10. The van der Waals surface area contributed by atoms with Gasteiger partial charge < -0.3 is 10.2 Å². The van der Waals surface area contributed by atoms with Crippen LogP contribution in [0.4, 0.5) is 0 Å². The lowest BCUT2D eigenvalue weighted by atomic mass is 10.1. The number of rotatable bonds is 11. The normalized spacial score (nSPS) is 14.9. The number of carbonyl (C=O) groups is 3. The minimum absolute atomic E-state index is 0.00474. The summed E-state index contributed by atoms with van der Waals surface area (Å²) in [5.74, 6) is -1.07. The molecular formula is C26H33N3O5S. The third kappa shape index (κ3) is 5.90. The van der Waals surface area contributed by atoms with Gasteiger partial charge in [0.25, 0.3) is 15.9 Å². The van der Waals surface area contributed by atoms with Crippen LogP contribution in [0.3, 0.4) is 0 Å². The topological polar surface area (TPSA) is 104 Å². The summed E-state index contributed by atoms with van der Waals surface area (Å²) in [5.41, 5.74) is 2.09. The first-order chi connectivity index (χ1) is 16.7. The molecule has 188 valence electrons. The molecule has 0 aromatic heterocycles. The van der Waals surface area contributed by atoms with Gasteiger partial charge in [0.05, 0.1) is 5.56 Å². The number of unbranched alkanes of at least 4 members (excludes halogenated alkanes) is 1. The van der Waals surface area contributed by atoms with E-state index in [0.717, 1.165) is 28.3 Å². The zero-order chi connectivity index (χ0) is 25.6. The van der Waals surface area contributed by atoms with Gasteiger partial charge in [-0.1, -0.05) is 49.7 Å². The Hall–Kier alpha value is -3.20. The number of sulfonamides is 1. The summed E-state index contributed by atoms with van der Waals surface area (Å²) in [6.45, 7) is 6.39. The van der Waals surface area contributed by atoms with Gasteiger partial charge in [0.1, 0.15) is 10.9 Å². The van der Waals surface area contributed by atoms with Gasteiger partial charge >= 0.3 is 0 Å². The number of benzene rings is 2. The Morgan fingerprint density at radius 2 is 1.74 bits per heavy atom. The van der Waals surface area contributed by atoms with E-state index in [1.165, 1.54) is 17.0 Å². The predicted molar refractivity (Wildman–Crippen MR) is 133 cm³/mol. The summed E-state index contributed by atoms with van der Waals surface area (Å²) in [6.07, 6.45) is 1.97. The van der Waals surface area contributed by atoms with Crippen LogP contribution in [0, 0.1) is 6.92 Å². The van der Waals surface area contributed by atoms with E-state index in [2.05, 4.69) is 5.32 Å². The maximum absolute atomic E-state index is 13.3. The molecule has 2 aromatic carbocycles. The van der Waals surface area contributed by atoms with Crippen LogP contribution in [0.5, 0.6) is 0 Å². The quantitative estimate of drug-likeness (QED) is 0.478. The maximum Gasteiger partial charge on any atom is 0.269 e. The Morgan fingerprint density at radius 3 is 2.43 bits per heavy atom. The van der Waals surface area contributed by atoms with Gasteiger partial charge in [0, 0.05) is 26.1 Å². The molecule has 0 bridgehead atoms. The summed E-state index contributed by atoms with van der Waals surface area (Å²) in [7, 11) is -3.92. The van der Waals surface area contributed by atoms with Gasteiger partial charge in [-0.15, -0.1) is 0 Å². The molecule has 1 heterocycles. The molecule has 0 saturated heterocycles. The standard InChI is InChI=1S/C26H33N3O5S/c1-4-5-16-27-25(31)20(3)28(18-21-12-7-6-11-19(21)2)24(30)15-10-17-29-26(32)22-13-8-9-14-23(22)35(29,33)34/h6-9,11-14,20H,4-5,10,15-18H2,1-3H3,(H,27,31)/t20-/m0/s1. The molecule has 0 spiro atoms. The van der Waals surface area contributed by atoms with Crippen molar-refractivity contribution in [2.45, 2.75) is 63.9 Å². The van der Waals surface area contributed by atoms with Gasteiger partial charge in [0.15, 0.2) is 0 Å². The van der Waals surface area contributed by atoms with Crippen molar-refractivity contribution in [2.24, 2.45) is 0 Å². The predicted octanol–water partition coefficient (Wildman–Crippen LogP) is 3.25. The Labute approximate surface area is 207 Å². The number of fused-ring (bicyclic) bond motifs is 1. The van der Waals surface area contributed by atoms with Crippen LogP contribution >= 0.6 is 0 Å². The minimum atomic E-state index is -3.92. The Balaban J connectivity index is 1.70. The Bertz CT molecular complexity index is 1190. The van der Waals surface area contributed by atoms with Crippen LogP contribution in [0.2, 0.25) is 0 Å². The van der Waals surface area contributed by atoms with Crippen molar-refractivity contribution in [2.75, 3.05) is 13.1 Å². The van der Waals surface area contributed by atoms with E-state index in [1.54, 1.807) is 19.1 Å². The van der Waals surface area contributed by atoms with Gasteiger partial charge in [-0.3, -0.25) is 14.4 Å². The van der Waals surface area contributed by atoms with Crippen molar-refractivity contribution in [1.29, 1.82) is 0 Å². The molecule has 1 N–H and O–H groups in total. The summed E-state index contributed by atoms with van der Waals surface area (Å²) in [5, 5.41) is 2.88. The number of aryl methyl sites for hydroxylation is 1. The van der Waals surface area contributed by atoms with E-state index in [0.29, 0.717) is 6.54 Å². The molecule has 1 aliphatic heterocycles. The van der Waals surface area contributed by atoms with Gasteiger partial charge in [0.2, 0.25) is 11.8 Å². The first-order valence-corrected chi connectivity index (χ1v) is 13.4. The second-order valence-corrected chi connectivity index (χ2v) is 10.6. The molecule has 1 aliphatic rings. The Kier molecular flexibility index (Phi) is 8.67. The van der Waals surface area contributed by atoms with Crippen molar-refractivity contribution in [3.8, 4) is 0 Å². The lowest BCUT2D eigenvalue weighted by molar-refractivity contribution is -0.140. The zero-order valence-corrected chi connectivity index (χ0v) is 21.3. The van der Waals surface area contributed by atoms with Gasteiger partial charge in [-0.2, -0.15) is 0 Å². The smallest absolute Gasteiger partial charge is 0.269 e. The molecule has 0 aliphatic carbocycles. The van der Waals surface area contributed by atoms with Crippen molar-refractivity contribution in [3.63, 3.8) is 0 Å². The first-order valence-electron chi connectivity index (χ1n) is 12.0. The number of hydrogen-bond donors (Lipinski definition) is 1. The highest BCUT2D eigenvalue weighted by molar-refractivity contribution is 7.90. The highest BCUT2D eigenvalue weighted by atomic mass is 32.2. The largest absolute Gasteiger partial charge is 0.354 e. The molecule has 0 radical (unpaired) electrons. The van der Waals surface area contributed by atoms with Crippen molar-refractivity contribution < 1.29 is 22.8 Å². The number of amides is 3. The average molecular weight is 500 g/mol. The molecule has 2 aromatic rings. The minimum Gasteiger partial charge on any atom is -0.354 e. The van der Waals surface area contributed by atoms with E-state index in [1.807, 2.05) is 38.1 Å². The monoisotopic (exact) mass is 499 g/mol. The Morgan fingerprint density at radius 1 is 1.06 bits per heavy atom. The summed E-state index contributed by atoms with van der Waals surface area (Å²) < 4.78 is 26.4. The number of hydrogen-bond acceptors (Lipinski definition) is 5. The molecule has 3 amide bonds. The van der Waals surface area contributed by atoms with Crippen LogP contribution in [0.15, 0.2) is 53.4 Å². The van der Waals surface area contributed by atoms with Crippen LogP contribution in [-0.4, -0.2) is 54.5 Å². The molecule has 0 unspecified atom stereocenters. The van der Waals surface area contributed by atoms with Crippen LogP contribution < -0.4 is 5.32 Å². The fraction of sp³-hybridized carbons (Fsp3) is 0.423. The lowest BCUT2D eigenvalue weighted by Gasteiger charge is -2.29. The second-order valence-electron chi connectivity index (χ2n) is 8.75. The zero-order valence-electron chi connectivity index (χ0n) is 20.5.